The normalized spacial score (nSPS) is 11.1. The number of anilines is 2. The number of nitrogens with one attached hydrogen (secondary N) is 2. The van der Waals surface area contributed by atoms with Crippen molar-refractivity contribution in [2.45, 2.75) is 32.1 Å². The molecule has 11 nitrogen and oxygen atoms in total. The summed E-state index contributed by atoms with van der Waals surface area (Å²) >= 11 is 0. The molecular weight excluding hydrogens is 548 g/mol. The lowest BCUT2D eigenvalue weighted by Crippen LogP contribution is -2.39. The van der Waals surface area contributed by atoms with Crippen molar-refractivity contribution in [3.63, 3.8) is 0 Å². The quantitative estimate of drug-likeness (QED) is 0.215. The van der Waals surface area contributed by atoms with Crippen LogP contribution in [0.1, 0.15) is 32.8 Å². The third-order valence-corrected chi connectivity index (χ3v) is 7.33. The van der Waals surface area contributed by atoms with Crippen LogP contribution in [0.3, 0.4) is 0 Å². The lowest BCUT2D eigenvalue weighted by atomic mass is 10.2. The fourth-order valence-electron chi connectivity index (χ4n) is 3.65. The minimum absolute atomic E-state index is 0.0624. The molecule has 2 amide bonds. The lowest BCUT2D eigenvalue weighted by molar-refractivity contribution is -0.119. The molecule has 0 aliphatic heterocycles. The minimum atomic E-state index is -4.18. The maximum absolute atomic E-state index is 13.6. The van der Waals surface area contributed by atoms with Gasteiger partial charge >= 0.3 is 0 Å². The molecule has 0 atom stereocenters. The number of hydrogen-bond donors (Lipinski definition) is 2. The maximum atomic E-state index is 13.6. The number of nitrogens with zero attached hydrogens (tertiary/aromatic N) is 2. The number of rotatable bonds is 14. The Kier molecular flexibility index (Phi) is 11.1. The minimum Gasteiger partial charge on any atom is -0.497 e. The highest BCUT2D eigenvalue weighted by molar-refractivity contribution is 7.92. The highest BCUT2D eigenvalue weighted by atomic mass is 32.2. The number of hydrazone groups is 1. The third-order valence-electron chi connectivity index (χ3n) is 5.54. The number of ether oxygens (including phenoxy) is 3. The molecule has 2 N–H and O–H groups in total. The number of methoxy groups -OCH3 is 1. The van der Waals surface area contributed by atoms with E-state index < -0.39 is 22.5 Å². The van der Waals surface area contributed by atoms with Gasteiger partial charge in [0.15, 0.2) is 11.5 Å². The number of benzene rings is 3. The van der Waals surface area contributed by atoms with Crippen LogP contribution in [0.5, 0.6) is 17.2 Å². The smallest absolute Gasteiger partial charge is 0.264 e. The number of carbonyl (C=O) groups excluding carboxylic acids is 2. The van der Waals surface area contributed by atoms with Crippen LogP contribution in [0, 0.1) is 0 Å². The summed E-state index contributed by atoms with van der Waals surface area (Å²) in [6.07, 6.45) is 2.28. The largest absolute Gasteiger partial charge is 0.497 e. The average Bonchev–Trinajstić information content (AvgIpc) is 2.95. The van der Waals surface area contributed by atoms with Crippen molar-refractivity contribution in [3.8, 4) is 17.2 Å². The van der Waals surface area contributed by atoms with E-state index >= 15 is 0 Å². The van der Waals surface area contributed by atoms with Crippen molar-refractivity contribution in [1.82, 2.24) is 5.43 Å². The van der Waals surface area contributed by atoms with Crippen LogP contribution >= 0.6 is 0 Å². The second-order valence-electron chi connectivity index (χ2n) is 8.70. The molecular formula is C29H34N4O7S. The predicted octanol–water partition coefficient (Wildman–Crippen LogP) is 4.19. The highest BCUT2D eigenvalue weighted by Crippen LogP contribution is 2.29. The number of sulfonamides is 1. The van der Waals surface area contributed by atoms with Gasteiger partial charge in [-0.15, -0.1) is 0 Å². The number of amides is 2. The third kappa shape index (κ3) is 8.70. The Hall–Kier alpha value is -4.58. The standard InChI is InChI=1S/C29H34N4O7S/c1-5-17-40-27-16-7-22(18-28(27)39-6-2)19-30-32-29(35)20-33(24-10-12-25(38-4)13-11-24)41(36,37)26-14-8-23(9-15-26)31-21(3)34/h7-16,18-19H,5-6,17,20H2,1-4H3,(H,31,34)(H,32,35)/b30-19-. The van der Waals surface area contributed by atoms with Crippen molar-refractivity contribution < 1.29 is 32.2 Å². The van der Waals surface area contributed by atoms with Gasteiger partial charge in [-0.3, -0.25) is 13.9 Å². The summed E-state index contributed by atoms with van der Waals surface area (Å²) in [5.41, 5.74) is 3.73. The summed E-state index contributed by atoms with van der Waals surface area (Å²) in [5, 5.41) is 6.59. The molecule has 12 heteroatoms. The topological polar surface area (TPSA) is 136 Å². The monoisotopic (exact) mass is 582 g/mol. The zero-order valence-corrected chi connectivity index (χ0v) is 24.2. The van der Waals surface area contributed by atoms with Crippen molar-refractivity contribution in [2.24, 2.45) is 5.10 Å². The fraction of sp³-hybridized carbons (Fsp3) is 0.276. The van der Waals surface area contributed by atoms with E-state index in [1.807, 2.05) is 13.8 Å². The van der Waals surface area contributed by atoms with Gasteiger partial charge in [-0.2, -0.15) is 5.10 Å². The molecule has 0 heterocycles. The predicted molar refractivity (Wildman–Crippen MR) is 157 cm³/mol. The number of hydrogen-bond acceptors (Lipinski definition) is 8. The van der Waals surface area contributed by atoms with E-state index in [-0.39, 0.29) is 16.5 Å². The summed E-state index contributed by atoms with van der Waals surface area (Å²) < 4.78 is 44.7. The van der Waals surface area contributed by atoms with E-state index in [0.717, 1.165) is 10.7 Å². The highest BCUT2D eigenvalue weighted by Gasteiger charge is 2.27. The molecule has 0 saturated heterocycles. The van der Waals surface area contributed by atoms with Crippen LogP contribution in [0.15, 0.2) is 76.7 Å². The molecule has 0 saturated carbocycles. The molecule has 3 aromatic carbocycles. The van der Waals surface area contributed by atoms with Gasteiger partial charge in [0.1, 0.15) is 12.3 Å². The zero-order chi connectivity index (χ0) is 29.8. The Morgan fingerprint density at radius 3 is 2.27 bits per heavy atom. The average molecular weight is 583 g/mol. The first-order valence-electron chi connectivity index (χ1n) is 12.9. The van der Waals surface area contributed by atoms with Gasteiger partial charge in [0.25, 0.3) is 15.9 Å². The van der Waals surface area contributed by atoms with Crippen LogP contribution in [0.4, 0.5) is 11.4 Å². The van der Waals surface area contributed by atoms with Crippen molar-refractivity contribution in [3.05, 3.63) is 72.3 Å². The fourth-order valence-corrected chi connectivity index (χ4v) is 5.07. The molecule has 0 spiro atoms. The Labute approximate surface area is 240 Å². The lowest BCUT2D eigenvalue weighted by Gasteiger charge is -2.24. The van der Waals surface area contributed by atoms with Crippen LogP contribution in [0.2, 0.25) is 0 Å². The first-order chi connectivity index (χ1) is 19.7. The van der Waals surface area contributed by atoms with Gasteiger partial charge < -0.3 is 19.5 Å². The van der Waals surface area contributed by atoms with Gasteiger partial charge in [0.2, 0.25) is 5.91 Å². The Morgan fingerprint density at radius 1 is 0.951 bits per heavy atom. The molecule has 0 unspecified atom stereocenters. The van der Waals surface area contributed by atoms with Gasteiger partial charge in [-0.1, -0.05) is 6.92 Å². The van der Waals surface area contributed by atoms with Gasteiger partial charge in [-0.05, 0) is 85.6 Å². The molecule has 0 bridgehead atoms. The van der Waals surface area contributed by atoms with E-state index in [4.69, 9.17) is 14.2 Å². The SMILES string of the molecule is CCCOc1ccc(/C=N\NC(=O)CN(c2ccc(OC)cc2)S(=O)(=O)c2ccc(NC(C)=O)cc2)cc1OCC. The molecule has 218 valence electrons. The maximum Gasteiger partial charge on any atom is 0.264 e. The van der Waals surface area contributed by atoms with Crippen molar-refractivity contribution in [2.75, 3.05) is 36.5 Å². The van der Waals surface area contributed by atoms with Gasteiger partial charge in [0, 0.05) is 12.6 Å². The Morgan fingerprint density at radius 2 is 1.66 bits per heavy atom. The molecule has 3 rings (SSSR count). The molecule has 0 aliphatic carbocycles. The van der Waals surface area contributed by atoms with Crippen molar-refractivity contribution in [1.29, 1.82) is 0 Å². The molecule has 0 aliphatic rings. The molecule has 0 aromatic heterocycles. The van der Waals surface area contributed by atoms with Gasteiger partial charge in [0.05, 0.1) is 37.1 Å². The summed E-state index contributed by atoms with van der Waals surface area (Å²) in [5.74, 6) is 0.742. The van der Waals surface area contributed by atoms with Crippen LogP contribution in [-0.2, 0) is 19.6 Å². The first kappa shape index (κ1) is 31.0. The van der Waals surface area contributed by atoms with E-state index in [1.54, 1.807) is 30.3 Å². The summed E-state index contributed by atoms with van der Waals surface area (Å²) in [4.78, 5) is 24.1. The molecule has 41 heavy (non-hydrogen) atoms. The Balaban J connectivity index is 1.81. The van der Waals surface area contributed by atoms with Crippen molar-refractivity contribution >= 4 is 39.4 Å². The molecule has 0 fully saturated rings. The van der Waals surface area contributed by atoms with E-state index in [0.29, 0.717) is 41.7 Å². The first-order valence-corrected chi connectivity index (χ1v) is 14.4. The summed E-state index contributed by atoms with van der Waals surface area (Å²) in [6.45, 7) is 5.68. The molecule has 3 aromatic rings. The van der Waals surface area contributed by atoms with Gasteiger partial charge in [-0.25, -0.2) is 13.8 Å². The Bertz CT molecular complexity index is 1460. The molecule has 0 radical (unpaired) electrons. The second kappa shape index (κ2) is 14.7. The van der Waals surface area contributed by atoms with Crippen LogP contribution < -0.4 is 29.3 Å². The number of carbonyl (C=O) groups is 2. The van der Waals surface area contributed by atoms with Crippen LogP contribution in [-0.4, -0.2) is 53.3 Å². The van der Waals surface area contributed by atoms with E-state index in [1.165, 1.54) is 56.6 Å². The second-order valence-corrected chi connectivity index (χ2v) is 10.6. The summed E-state index contributed by atoms with van der Waals surface area (Å²) in [6, 6.07) is 17.2. The summed E-state index contributed by atoms with van der Waals surface area (Å²) in [7, 11) is -2.68. The zero-order valence-electron chi connectivity index (χ0n) is 23.4. The van der Waals surface area contributed by atoms with Crippen LogP contribution in [0.25, 0.3) is 0 Å². The van der Waals surface area contributed by atoms with E-state index in [9.17, 15) is 18.0 Å². The van der Waals surface area contributed by atoms with E-state index in [2.05, 4.69) is 15.8 Å².